The third kappa shape index (κ3) is 5.98. The maximum absolute atomic E-state index is 12.4. The molecule has 0 radical (unpaired) electrons. The predicted octanol–water partition coefficient (Wildman–Crippen LogP) is 3.24. The average molecular weight is 409 g/mol. The summed E-state index contributed by atoms with van der Waals surface area (Å²) in [5.74, 6) is -0.0612. The number of hydrogen-bond acceptors (Lipinski definition) is 6. The summed E-state index contributed by atoms with van der Waals surface area (Å²) in [7, 11) is 0. The third-order valence-corrected chi connectivity index (χ3v) is 5.12. The number of piperidine rings is 1. The predicted molar refractivity (Wildman–Crippen MR) is 113 cm³/mol. The highest BCUT2D eigenvalue weighted by Gasteiger charge is 2.22. The van der Waals surface area contributed by atoms with Crippen molar-refractivity contribution >= 4 is 17.8 Å². The molecule has 158 valence electrons. The molecule has 0 bridgehead atoms. The molecule has 30 heavy (non-hydrogen) atoms. The molecule has 0 spiro atoms. The van der Waals surface area contributed by atoms with Gasteiger partial charge >= 0.3 is 0 Å². The quantitative estimate of drug-likeness (QED) is 0.301. The van der Waals surface area contributed by atoms with Crippen molar-refractivity contribution in [2.75, 3.05) is 13.1 Å². The van der Waals surface area contributed by atoms with Crippen molar-refractivity contribution in [3.05, 3.63) is 65.5 Å². The van der Waals surface area contributed by atoms with Gasteiger partial charge in [0, 0.05) is 44.5 Å². The number of rotatable bonds is 8. The van der Waals surface area contributed by atoms with E-state index in [-0.39, 0.29) is 11.9 Å². The van der Waals surface area contributed by atoms with Gasteiger partial charge in [-0.3, -0.25) is 24.7 Å². The number of amides is 1. The number of aromatic nitrogens is 1. The Balaban J connectivity index is 1.63. The summed E-state index contributed by atoms with van der Waals surface area (Å²) in [4.78, 5) is 30.2. The summed E-state index contributed by atoms with van der Waals surface area (Å²) >= 11 is 0. The fraction of sp³-hybridized carbons (Fsp3) is 0.348. The molecule has 1 aromatic carbocycles. The molecule has 3 rings (SSSR count). The number of pyridine rings is 1. The summed E-state index contributed by atoms with van der Waals surface area (Å²) in [6.07, 6.45) is 8.61. The molecule has 2 N–H and O–H groups in total. The highest BCUT2D eigenvalue weighted by molar-refractivity contribution is 5.99. The molecule has 0 unspecified atom stereocenters. The summed E-state index contributed by atoms with van der Waals surface area (Å²) in [5, 5.41) is 8.59. The smallest absolute Gasteiger partial charge is 0.267 e. The molecular weight excluding hydrogens is 382 g/mol. The number of ether oxygens (including phenoxy) is 1. The van der Waals surface area contributed by atoms with E-state index in [1.165, 1.54) is 11.6 Å². The van der Waals surface area contributed by atoms with Crippen molar-refractivity contribution in [2.45, 2.75) is 38.8 Å². The van der Waals surface area contributed by atoms with E-state index in [0.29, 0.717) is 23.3 Å². The Hall–Kier alpha value is -3.03. The molecule has 0 saturated carbocycles. The minimum Gasteiger partial charge on any atom is -0.490 e. The first-order valence-corrected chi connectivity index (χ1v) is 10.2. The van der Waals surface area contributed by atoms with Gasteiger partial charge in [-0.2, -0.15) is 0 Å². The number of hydrogen-bond donors (Lipinski definition) is 2. The largest absolute Gasteiger partial charge is 0.490 e. The van der Waals surface area contributed by atoms with Gasteiger partial charge in [-0.15, -0.1) is 0 Å². The zero-order valence-corrected chi connectivity index (χ0v) is 17.1. The van der Waals surface area contributed by atoms with Gasteiger partial charge in [0.1, 0.15) is 11.9 Å². The second kappa shape index (κ2) is 10.7. The van der Waals surface area contributed by atoms with Gasteiger partial charge in [0.2, 0.25) is 0 Å². The average Bonchev–Trinajstić information content (AvgIpc) is 2.79. The summed E-state index contributed by atoms with van der Waals surface area (Å²) in [5.41, 5.74) is 3.95. The van der Waals surface area contributed by atoms with Gasteiger partial charge in [0.05, 0.1) is 5.56 Å². The van der Waals surface area contributed by atoms with Crippen molar-refractivity contribution in [3.63, 3.8) is 0 Å². The Morgan fingerprint density at radius 2 is 2.10 bits per heavy atom. The number of nitrogens with one attached hydrogen (secondary N) is 1. The highest BCUT2D eigenvalue weighted by atomic mass is 16.5. The Morgan fingerprint density at radius 3 is 2.77 bits per heavy atom. The molecule has 0 aliphatic carbocycles. The molecule has 2 heterocycles. The lowest BCUT2D eigenvalue weighted by molar-refractivity contribution is -0.124. The molecule has 7 heteroatoms. The molecule has 1 aromatic heterocycles. The highest BCUT2D eigenvalue weighted by Crippen LogP contribution is 2.26. The van der Waals surface area contributed by atoms with E-state index in [0.717, 1.165) is 32.5 Å². The number of carbonyl (C=O) groups excluding carboxylic acids is 2. The molecular formula is C23H27N3O4. The monoisotopic (exact) mass is 409 g/mol. The number of likely N-dealkylation sites (tertiary alicyclic amines) is 1. The molecule has 1 saturated heterocycles. The topological polar surface area (TPSA) is 91.8 Å². The Bertz CT molecular complexity index is 891. The Labute approximate surface area is 176 Å². The van der Waals surface area contributed by atoms with Crippen molar-refractivity contribution in [2.24, 2.45) is 0 Å². The summed E-state index contributed by atoms with van der Waals surface area (Å²) < 4.78 is 6.21. The van der Waals surface area contributed by atoms with Crippen molar-refractivity contribution in [3.8, 4) is 5.75 Å². The first-order valence-electron chi connectivity index (χ1n) is 10.2. The van der Waals surface area contributed by atoms with Crippen LogP contribution in [0.2, 0.25) is 0 Å². The van der Waals surface area contributed by atoms with E-state index >= 15 is 0 Å². The van der Waals surface area contributed by atoms with Crippen LogP contribution in [0.4, 0.5) is 0 Å². The fourth-order valence-corrected chi connectivity index (χ4v) is 3.49. The van der Waals surface area contributed by atoms with Crippen LogP contribution in [0, 0.1) is 0 Å². The van der Waals surface area contributed by atoms with E-state index in [2.05, 4.69) is 16.0 Å². The van der Waals surface area contributed by atoms with E-state index in [1.807, 2.05) is 19.2 Å². The number of carbonyl (C=O) groups is 2. The van der Waals surface area contributed by atoms with Crippen molar-refractivity contribution in [1.29, 1.82) is 0 Å². The van der Waals surface area contributed by atoms with Gasteiger partial charge < -0.3 is 4.74 Å². The molecule has 1 amide bonds. The van der Waals surface area contributed by atoms with Gasteiger partial charge in [-0.25, -0.2) is 5.48 Å². The Morgan fingerprint density at radius 1 is 1.30 bits per heavy atom. The first kappa shape index (κ1) is 21.7. The number of hydroxylamine groups is 1. The lowest BCUT2D eigenvalue weighted by atomic mass is 10.0. The van der Waals surface area contributed by atoms with Crippen LogP contribution >= 0.6 is 0 Å². The fourth-order valence-electron chi connectivity index (χ4n) is 3.49. The van der Waals surface area contributed by atoms with E-state index in [9.17, 15) is 9.59 Å². The van der Waals surface area contributed by atoms with Crippen LogP contribution in [0.5, 0.6) is 5.75 Å². The normalized spacial score (nSPS) is 15.3. The standard InChI is InChI=1S/C23H27N3O4/c1-2-21(27)20-14-17(6-8-23(28)25-29)5-7-22(20)30-19-9-12-26(13-10-19)16-18-4-3-11-24-15-18/h3-8,11,14-15,19,29H,2,9-10,12-13,16H2,1H3,(H,25,28)/b8-6+. The molecule has 1 fully saturated rings. The lowest BCUT2D eigenvalue weighted by Crippen LogP contribution is -2.38. The van der Waals surface area contributed by atoms with Gasteiger partial charge in [0.25, 0.3) is 5.91 Å². The zero-order valence-electron chi connectivity index (χ0n) is 17.1. The van der Waals surface area contributed by atoms with Crippen LogP contribution in [0.3, 0.4) is 0 Å². The number of nitrogens with zero attached hydrogens (tertiary/aromatic N) is 2. The first-order chi connectivity index (χ1) is 14.6. The van der Waals surface area contributed by atoms with Crippen molar-refractivity contribution in [1.82, 2.24) is 15.4 Å². The van der Waals surface area contributed by atoms with Gasteiger partial charge in [-0.05, 0) is 48.2 Å². The van der Waals surface area contributed by atoms with Crippen LogP contribution < -0.4 is 10.2 Å². The minimum absolute atomic E-state index is 0.0131. The summed E-state index contributed by atoms with van der Waals surface area (Å²) in [6.45, 7) is 4.54. The zero-order chi connectivity index (χ0) is 21.3. The van der Waals surface area contributed by atoms with Crippen LogP contribution in [-0.4, -0.2) is 46.0 Å². The van der Waals surface area contributed by atoms with E-state index < -0.39 is 5.91 Å². The SMILES string of the molecule is CCC(=O)c1cc(/C=C/C(=O)NO)ccc1OC1CCN(Cc2cccnc2)CC1. The number of Topliss-reactive ketones (excluding diaryl/α,β-unsaturated/α-hetero) is 1. The molecule has 0 atom stereocenters. The van der Waals surface area contributed by atoms with E-state index in [4.69, 9.17) is 9.94 Å². The van der Waals surface area contributed by atoms with E-state index in [1.54, 1.807) is 36.0 Å². The maximum Gasteiger partial charge on any atom is 0.267 e. The second-order valence-corrected chi connectivity index (χ2v) is 7.30. The molecule has 1 aliphatic heterocycles. The van der Waals surface area contributed by atoms with Crippen LogP contribution in [0.1, 0.15) is 47.7 Å². The lowest BCUT2D eigenvalue weighted by Gasteiger charge is -2.32. The number of ketones is 1. The maximum atomic E-state index is 12.4. The minimum atomic E-state index is -0.628. The molecule has 2 aromatic rings. The second-order valence-electron chi connectivity index (χ2n) is 7.30. The molecule has 7 nitrogen and oxygen atoms in total. The van der Waals surface area contributed by atoms with Gasteiger partial charge in [0.15, 0.2) is 5.78 Å². The molecule has 1 aliphatic rings. The van der Waals surface area contributed by atoms with Crippen molar-refractivity contribution < 1.29 is 19.5 Å². The van der Waals surface area contributed by atoms with Crippen LogP contribution in [-0.2, 0) is 11.3 Å². The Kier molecular flexibility index (Phi) is 7.70. The van der Waals surface area contributed by atoms with Gasteiger partial charge in [-0.1, -0.05) is 19.1 Å². The third-order valence-electron chi connectivity index (χ3n) is 5.12. The summed E-state index contributed by atoms with van der Waals surface area (Å²) in [6, 6.07) is 9.33. The van der Waals surface area contributed by atoms with Crippen LogP contribution in [0.15, 0.2) is 48.8 Å². The number of benzene rings is 1. The van der Waals surface area contributed by atoms with Crippen LogP contribution in [0.25, 0.3) is 6.08 Å².